The van der Waals surface area contributed by atoms with Crippen molar-refractivity contribution in [2.24, 2.45) is 5.73 Å². The maximum Gasteiger partial charge on any atom is 0.169 e. The third-order valence-corrected chi connectivity index (χ3v) is 1.24. The van der Waals surface area contributed by atoms with Crippen molar-refractivity contribution in [3.63, 3.8) is 0 Å². The Morgan fingerprint density at radius 2 is 2.00 bits per heavy atom. The van der Waals surface area contributed by atoms with E-state index in [-0.39, 0.29) is 5.56 Å². The van der Waals surface area contributed by atoms with E-state index in [1.165, 1.54) is 12.1 Å². The van der Waals surface area contributed by atoms with E-state index < -0.39 is 17.5 Å². The van der Waals surface area contributed by atoms with Gasteiger partial charge in [-0.05, 0) is 12.1 Å². The highest BCUT2D eigenvalue weighted by molar-refractivity contribution is 5.95. The van der Waals surface area contributed by atoms with E-state index in [0.29, 0.717) is 0 Å². The van der Waals surface area contributed by atoms with E-state index in [0.717, 1.165) is 6.07 Å². The predicted molar refractivity (Wildman–Crippen MR) is 37.4 cm³/mol. The number of nitrogens with one attached hydrogen (secondary N) is 1. The highest BCUT2D eigenvalue weighted by Crippen LogP contribution is 2.09. The number of benzene rings is 1. The smallest absolute Gasteiger partial charge is 0.169 e. The summed E-state index contributed by atoms with van der Waals surface area (Å²) in [7, 11) is 0. The van der Waals surface area contributed by atoms with Crippen LogP contribution in [0.3, 0.4) is 0 Å². The van der Waals surface area contributed by atoms with Gasteiger partial charge in [-0.2, -0.15) is 0 Å². The number of halogens is 2. The molecule has 1 aromatic carbocycles. The molecule has 0 unspecified atom stereocenters. The van der Waals surface area contributed by atoms with Crippen LogP contribution in [0.4, 0.5) is 8.78 Å². The molecule has 0 aliphatic heterocycles. The first kappa shape index (κ1) is 7.65. The third kappa shape index (κ3) is 1.34. The largest absolute Gasteiger partial charge is 0.384 e. The molecule has 0 aliphatic rings. The zero-order chi connectivity index (χ0) is 8.43. The van der Waals surface area contributed by atoms with E-state index in [1.807, 2.05) is 0 Å². The van der Waals surface area contributed by atoms with Crippen molar-refractivity contribution in [1.82, 2.24) is 0 Å². The SMILES string of the molecule is N=C(N)c1cccc(F)c1F. The number of amidine groups is 1. The van der Waals surface area contributed by atoms with Gasteiger partial charge in [0.15, 0.2) is 11.6 Å². The van der Waals surface area contributed by atoms with Crippen molar-refractivity contribution in [1.29, 1.82) is 5.41 Å². The molecule has 2 nitrogen and oxygen atoms in total. The summed E-state index contributed by atoms with van der Waals surface area (Å²) in [6, 6.07) is 3.53. The van der Waals surface area contributed by atoms with Gasteiger partial charge in [-0.15, -0.1) is 0 Å². The molecule has 0 saturated heterocycles. The summed E-state index contributed by atoms with van der Waals surface area (Å²) in [5, 5.41) is 6.84. The number of hydrogen-bond acceptors (Lipinski definition) is 1. The molecular formula is C7H6F2N2. The molecule has 4 heteroatoms. The van der Waals surface area contributed by atoms with E-state index in [1.54, 1.807) is 0 Å². The van der Waals surface area contributed by atoms with Crippen molar-refractivity contribution in [2.75, 3.05) is 0 Å². The summed E-state index contributed by atoms with van der Waals surface area (Å²) in [5.41, 5.74) is 4.76. The van der Waals surface area contributed by atoms with Gasteiger partial charge in [-0.1, -0.05) is 6.07 Å². The molecule has 58 valence electrons. The van der Waals surface area contributed by atoms with Crippen LogP contribution < -0.4 is 5.73 Å². The average Bonchev–Trinajstić information content (AvgIpc) is 1.94. The van der Waals surface area contributed by atoms with Crippen LogP contribution >= 0.6 is 0 Å². The lowest BCUT2D eigenvalue weighted by Crippen LogP contribution is -2.13. The summed E-state index contributed by atoms with van der Waals surface area (Å²) in [6.45, 7) is 0. The third-order valence-electron chi connectivity index (χ3n) is 1.24. The summed E-state index contributed by atoms with van der Waals surface area (Å²) in [6.07, 6.45) is 0. The molecule has 0 bridgehead atoms. The van der Waals surface area contributed by atoms with Crippen molar-refractivity contribution in [3.8, 4) is 0 Å². The fourth-order valence-electron chi connectivity index (χ4n) is 0.712. The van der Waals surface area contributed by atoms with Gasteiger partial charge in [0.05, 0.1) is 5.56 Å². The number of nitrogens with two attached hydrogens (primary N) is 1. The van der Waals surface area contributed by atoms with Crippen LogP contribution in [0.15, 0.2) is 18.2 Å². The molecule has 0 fully saturated rings. The Hall–Kier alpha value is -1.45. The van der Waals surface area contributed by atoms with Crippen LogP contribution in [0.5, 0.6) is 0 Å². The molecule has 0 aliphatic carbocycles. The van der Waals surface area contributed by atoms with Gasteiger partial charge < -0.3 is 5.73 Å². The highest BCUT2D eigenvalue weighted by atomic mass is 19.2. The number of nitrogen functional groups attached to an aromatic ring is 1. The van der Waals surface area contributed by atoms with Crippen molar-refractivity contribution in [2.45, 2.75) is 0 Å². The zero-order valence-corrected chi connectivity index (χ0v) is 5.57. The first-order valence-electron chi connectivity index (χ1n) is 2.91. The van der Waals surface area contributed by atoms with E-state index in [2.05, 4.69) is 0 Å². The first-order valence-corrected chi connectivity index (χ1v) is 2.91. The molecule has 1 aromatic rings. The van der Waals surface area contributed by atoms with Crippen LogP contribution in [0.25, 0.3) is 0 Å². The Balaban J connectivity index is 3.27. The van der Waals surface area contributed by atoms with E-state index >= 15 is 0 Å². The standard InChI is InChI=1S/C7H6F2N2/c8-5-3-1-2-4(6(5)9)7(10)11/h1-3H,(H3,10,11). The van der Waals surface area contributed by atoms with Gasteiger partial charge in [0.1, 0.15) is 5.84 Å². The summed E-state index contributed by atoms with van der Waals surface area (Å²) in [4.78, 5) is 0. The Morgan fingerprint density at radius 1 is 1.36 bits per heavy atom. The molecule has 0 amide bonds. The zero-order valence-electron chi connectivity index (χ0n) is 5.57. The molecule has 0 spiro atoms. The van der Waals surface area contributed by atoms with Crippen LogP contribution in [-0.2, 0) is 0 Å². The van der Waals surface area contributed by atoms with E-state index in [9.17, 15) is 8.78 Å². The van der Waals surface area contributed by atoms with Crippen molar-refractivity contribution >= 4 is 5.84 Å². The molecule has 0 aromatic heterocycles. The average molecular weight is 156 g/mol. The van der Waals surface area contributed by atoms with Crippen molar-refractivity contribution in [3.05, 3.63) is 35.4 Å². The minimum absolute atomic E-state index is 0.204. The van der Waals surface area contributed by atoms with Crippen LogP contribution in [0.2, 0.25) is 0 Å². The lowest BCUT2D eigenvalue weighted by Gasteiger charge is -1.99. The van der Waals surface area contributed by atoms with E-state index in [4.69, 9.17) is 11.1 Å². The lowest BCUT2D eigenvalue weighted by atomic mass is 10.2. The quantitative estimate of drug-likeness (QED) is 0.466. The fourth-order valence-corrected chi connectivity index (χ4v) is 0.712. The minimum atomic E-state index is -1.07. The van der Waals surface area contributed by atoms with Gasteiger partial charge in [0.25, 0.3) is 0 Å². The van der Waals surface area contributed by atoms with Gasteiger partial charge in [0.2, 0.25) is 0 Å². The molecule has 0 heterocycles. The van der Waals surface area contributed by atoms with Crippen LogP contribution in [0.1, 0.15) is 5.56 Å². The summed E-state index contributed by atoms with van der Waals surface area (Å²) < 4.78 is 25.1. The monoisotopic (exact) mass is 156 g/mol. The lowest BCUT2D eigenvalue weighted by molar-refractivity contribution is 0.507. The molecule has 11 heavy (non-hydrogen) atoms. The van der Waals surface area contributed by atoms with Crippen LogP contribution in [-0.4, -0.2) is 5.84 Å². The molecule has 0 saturated carbocycles. The number of hydrogen-bond donors (Lipinski definition) is 2. The summed E-state index contributed by atoms with van der Waals surface area (Å²) >= 11 is 0. The highest BCUT2D eigenvalue weighted by Gasteiger charge is 2.08. The second kappa shape index (κ2) is 2.65. The molecule has 0 atom stereocenters. The maximum absolute atomic E-state index is 12.7. The minimum Gasteiger partial charge on any atom is -0.384 e. The van der Waals surface area contributed by atoms with Gasteiger partial charge >= 0.3 is 0 Å². The Bertz CT molecular complexity index is 296. The molecule has 0 radical (unpaired) electrons. The summed E-state index contributed by atoms with van der Waals surface area (Å²) in [5.74, 6) is -2.53. The normalized spacial score (nSPS) is 9.64. The Kier molecular flexibility index (Phi) is 1.85. The molecular weight excluding hydrogens is 150 g/mol. The Labute approximate surface area is 62.2 Å². The Morgan fingerprint density at radius 3 is 2.45 bits per heavy atom. The predicted octanol–water partition coefficient (Wildman–Crippen LogP) is 1.25. The van der Waals surface area contributed by atoms with Crippen LogP contribution in [0, 0.1) is 17.0 Å². The fraction of sp³-hybridized carbons (Fsp3) is 0. The first-order chi connectivity index (χ1) is 5.13. The topological polar surface area (TPSA) is 49.9 Å². The second-order valence-corrected chi connectivity index (χ2v) is 2.02. The van der Waals surface area contributed by atoms with Crippen molar-refractivity contribution < 1.29 is 8.78 Å². The molecule has 1 rings (SSSR count). The van der Waals surface area contributed by atoms with Gasteiger partial charge in [-0.25, -0.2) is 8.78 Å². The second-order valence-electron chi connectivity index (χ2n) is 2.02. The van der Waals surface area contributed by atoms with Gasteiger partial charge in [0, 0.05) is 0 Å². The van der Waals surface area contributed by atoms with Gasteiger partial charge in [-0.3, -0.25) is 5.41 Å². The number of rotatable bonds is 1. The molecule has 3 N–H and O–H groups in total. The maximum atomic E-state index is 12.7.